The van der Waals surface area contributed by atoms with Crippen molar-refractivity contribution in [2.24, 2.45) is 0 Å². The first-order chi connectivity index (χ1) is 5.95. The summed E-state index contributed by atoms with van der Waals surface area (Å²) in [7, 11) is -3.48. The van der Waals surface area contributed by atoms with Crippen LogP contribution in [0, 0.1) is 11.3 Å². The molecule has 0 aliphatic rings. The number of nitriles is 1. The number of aromatic nitrogens is 2. The molecule has 0 saturated carbocycles. The lowest BCUT2D eigenvalue weighted by Gasteiger charge is -1.96. The van der Waals surface area contributed by atoms with Crippen LogP contribution in [0.3, 0.4) is 0 Å². The van der Waals surface area contributed by atoms with Crippen molar-refractivity contribution in [1.29, 1.82) is 5.26 Å². The number of halogens is 1. The third-order valence-corrected chi connectivity index (χ3v) is 2.30. The van der Waals surface area contributed by atoms with Crippen molar-refractivity contribution >= 4 is 21.4 Å². The van der Waals surface area contributed by atoms with E-state index < -0.39 is 15.0 Å². The van der Waals surface area contributed by atoms with Crippen LogP contribution in [0.4, 0.5) is 0 Å². The molecule has 0 radical (unpaired) electrons. The van der Waals surface area contributed by atoms with E-state index in [0.29, 0.717) is 0 Å². The summed E-state index contributed by atoms with van der Waals surface area (Å²) in [4.78, 5) is 6.95. The second kappa shape index (κ2) is 3.28. The monoisotopic (exact) mass is 217 g/mol. The van der Waals surface area contributed by atoms with Gasteiger partial charge in [0.2, 0.25) is 15.0 Å². The summed E-state index contributed by atoms with van der Waals surface area (Å²) >= 11 is 5.50. The van der Waals surface area contributed by atoms with E-state index in [0.717, 1.165) is 12.5 Å². The molecule has 7 heteroatoms. The zero-order valence-corrected chi connectivity index (χ0v) is 8.09. The van der Waals surface area contributed by atoms with Gasteiger partial charge in [-0.15, -0.1) is 0 Å². The second-order valence-corrected chi connectivity index (χ2v) is 4.55. The molecule has 0 atom stereocenters. The van der Waals surface area contributed by atoms with Gasteiger partial charge >= 0.3 is 0 Å². The van der Waals surface area contributed by atoms with Crippen LogP contribution >= 0.6 is 11.6 Å². The number of sulfone groups is 1. The molecule has 5 nitrogen and oxygen atoms in total. The Morgan fingerprint density at radius 3 is 2.69 bits per heavy atom. The molecule has 0 amide bonds. The average molecular weight is 218 g/mol. The van der Waals surface area contributed by atoms with Crippen molar-refractivity contribution in [3.8, 4) is 6.07 Å². The van der Waals surface area contributed by atoms with E-state index in [-0.39, 0.29) is 10.7 Å². The highest BCUT2D eigenvalue weighted by Crippen LogP contribution is 2.12. The van der Waals surface area contributed by atoms with Gasteiger partial charge in [-0.2, -0.15) is 5.26 Å². The van der Waals surface area contributed by atoms with E-state index in [1.807, 2.05) is 0 Å². The third-order valence-electron chi connectivity index (χ3n) is 1.16. The van der Waals surface area contributed by atoms with E-state index in [4.69, 9.17) is 16.9 Å². The molecule has 1 heterocycles. The molecule has 68 valence electrons. The smallest absolute Gasteiger partial charge is 0.225 e. The Morgan fingerprint density at radius 1 is 1.62 bits per heavy atom. The van der Waals surface area contributed by atoms with Gasteiger partial charge in [-0.1, -0.05) is 11.6 Å². The maximum atomic E-state index is 10.9. The topological polar surface area (TPSA) is 83.7 Å². The molecule has 0 spiro atoms. The molecule has 0 bridgehead atoms. The fourth-order valence-corrected chi connectivity index (χ4v) is 1.24. The van der Waals surface area contributed by atoms with Crippen LogP contribution in [0.25, 0.3) is 0 Å². The molecule has 0 saturated heterocycles. The van der Waals surface area contributed by atoms with E-state index in [9.17, 15) is 8.42 Å². The van der Waals surface area contributed by atoms with Gasteiger partial charge in [-0.3, -0.25) is 0 Å². The fraction of sp³-hybridized carbons (Fsp3) is 0.167. The highest BCUT2D eigenvalue weighted by Gasteiger charge is 2.13. The van der Waals surface area contributed by atoms with Crippen LogP contribution in [-0.4, -0.2) is 24.6 Å². The first-order valence-electron chi connectivity index (χ1n) is 3.08. The summed E-state index contributed by atoms with van der Waals surface area (Å²) in [6.07, 6.45) is 2.04. The number of nitrogens with zero attached hydrogens (tertiary/aromatic N) is 3. The van der Waals surface area contributed by atoms with Crippen molar-refractivity contribution in [1.82, 2.24) is 9.97 Å². The molecule has 1 aromatic rings. The van der Waals surface area contributed by atoms with Crippen LogP contribution in [0.15, 0.2) is 11.4 Å². The first kappa shape index (κ1) is 9.89. The van der Waals surface area contributed by atoms with Crippen LogP contribution < -0.4 is 0 Å². The maximum absolute atomic E-state index is 10.9. The van der Waals surface area contributed by atoms with Crippen LogP contribution in [0.5, 0.6) is 0 Å². The van der Waals surface area contributed by atoms with Crippen molar-refractivity contribution in [2.75, 3.05) is 6.26 Å². The first-order valence-corrected chi connectivity index (χ1v) is 5.35. The molecule has 0 aliphatic heterocycles. The summed E-state index contributed by atoms with van der Waals surface area (Å²) < 4.78 is 21.9. The summed E-state index contributed by atoms with van der Waals surface area (Å²) in [5, 5.41) is 8.13. The van der Waals surface area contributed by atoms with Gasteiger partial charge in [0, 0.05) is 6.26 Å². The number of hydrogen-bond acceptors (Lipinski definition) is 5. The zero-order valence-electron chi connectivity index (χ0n) is 6.52. The van der Waals surface area contributed by atoms with Gasteiger partial charge in [0.1, 0.15) is 6.07 Å². The third kappa shape index (κ3) is 2.14. The molecule has 0 aromatic carbocycles. The van der Waals surface area contributed by atoms with Gasteiger partial charge in [0.15, 0.2) is 5.69 Å². The summed E-state index contributed by atoms with van der Waals surface area (Å²) in [5.74, 6) is 0. The van der Waals surface area contributed by atoms with Gasteiger partial charge in [0.05, 0.1) is 11.2 Å². The van der Waals surface area contributed by atoms with Gasteiger partial charge < -0.3 is 0 Å². The Bertz CT molecular complexity index is 477. The number of rotatable bonds is 1. The Hall–Kier alpha value is -1.19. The van der Waals surface area contributed by atoms with Crippen molar-refractivity contribution < 1.29 is 8.42 Å². The minimum absolute atomic E-state index is 0.0369. The fourth-order valence-electron chi connectivity index (χ4n) is 0.608. The van der Waals surface area contributed by atoms with Gasteiger partial charge in [-0.05, 0) is 0 Å². The van der Waals surface area contributed by atoms with Crippen molar-refractivity contribution in [2.45, 2.75) is 5.16 Å². The van der Waals surface area contributed by atoms with E-state index in [1.165, 1.54) is 0 Å². The molecule has 0 N–H and O–H groups in total. The largest absolute Gasteiger partial charge is 0.248 e. The van der Waals surface area contributed by atoms with Crippen molar-refractivity contribution in [3.05, 3.63) is 16.9 Å². The minimum Gasteiger partial charge on any atom is -0.225 e. The standard InChI is InChI=1S/C6H4ClN3O2S/c1-13(11,12)6-9-3-4(7)5(2-8)10-6/h3H,1H3. The molecule has 0 aliphatic carbocycles. The molecule has 1 rings (SSSR count). The summed E-state index contributed by atoms with van der Waals surface area (Å²) in [5.41, 5.74) is -0.142. The Balaban J connectivity index is 3.41. The SMILES string of the molecule is CS(=O)(=O)c1ncc(Cl)c(C#N)n1. The molecule has 13 heavy (non-hydrogen) atoms. The molecular formula is C6H4ClN3O2S. The normalized spacial score (nSPS) is 10.8. The zero-order chi connectivity index (χ0) is 10.1. The Morgan fingerprint density at radius 2 is 2.23 bits per heavy atom. The van der Waals surface area contributed by atoms with E-state index in [1.54, 1.807) is 6.07 Å². The summed E-state index contributed by atoms with van der Waals surface area (Å²) in [6, 6.07) is 1.66. The van der Waals surface area contributed by atoms with Crippen LogP contribution in [0.2, 0.25) is 5.02 Å². The van der Waals surface area contributed by atoms with Crippen LogP contribution in [-0.2, 0) is 9.84 Å². The molecule has 1 aromatic heterocycles. The highest BCUT2D eigenvalue weighted by molar-refractivity contribution is 7.90. The van der Waals surface area contributed by atoms with E-state index in [2.05, 4.69) is 9.97 Å². The second-order valence-electron chi connectivity index (χ2n) is 2.23. The Kier molecular flexibility index (Phi) is 2.50. The quantitative estimate of drug-likeness (QED) is 0.636. The average Bonchev–Trinajstić information content (AvgIpc) is 2.03. The predicted octanol–water partition coefficient (Wildman–Crippen LogP) is 0.405. The molecular weight excluding hydrogens is 214 g/mol. The number of hydrogen-bond donors (Lipinski definition) is 0. The van der Waals surface area contributed by atoms with Crippen molar-refractivity contribution in [3.63, 3.8) is 0 Å². The highest BCUT2D eigenvalue weighted by atomic mass is 35.5. The lowest BCUT2D eigenvalue weighted by atomic mass is 10.4. The van der Waals surface area contributed by atoms with Gasteiger partial charge in [-0.25, -0.2) is 18.4 Å². The molecule has 0 fully saturated rings. The minimum atomic E-state index is -3.48. The van der Waals surface area contributed by atoms with Crippen LogP contribution in [0.1, 0.15) is 5.69 Å². The maximum Gasteiger partial charge on any atom is 0.248 e. The van der Waals surface area contributed by atoms with E-state index >= 15 is 0 Å². The predicted molar refractivity (Wildman–Crippen MR) is 44.9 cm³/mol. The molecule has 0 unspecified atom stereocenters. The Labute approximate surface area is 79.9 Å². The van der Waals surface area contributed by atoms with Gasteiger partial charge in [0.25, 0.3) is 0 Å². The lowest BCUT2D eigenvalue weighted by Crippen LogP contribution is -2.05. The lowest BCUT2D eigenvalue weighted by molar-refractivity contribution is 0.592. The summed E-state index contributed by atoms with van der Waals surface area (Å²) in [6.45, 7) is 0.